The van der Waals surface area contributed by atoms with Gasteiger partial charge in [-0.25, -0.2) is 4.98 Å². The number of hydrogen-bond acceptors (Lipinski definition) is 4. The van der Waals surface area contributed by atoms with Gasteiger partial charge in [0.2, 0.25) is 5.91 Å². The SMILES string of the molecule is C=C1c2ccccc2C(=O)N1CC(=O)Nc1nc(-c2ccc(Cl)cc2)c(C)s1. The molecule has 7 heteroatoms. The summed E-state index contributed by atoms with van der Waals surface area (Å²) >= 11 is 7.32. The molecule has 2 amide bonds. The minimum Gasteiger partial charge on any atom is -0.300 e. The van der Waals surface area contributed by atoms with Crippen LogP contribution in [0.1, 0.15) is 20.8 Å². The summed E-state index contributed by atoms with van der Waals surface area (Å²) in [6.07, 6.45) is 0. The first-order valence-corrected chi connectivity index (χ1v) is 9.77. The van der Waals surface area contributed by atoms with Crippen LogP contribution in [0.25, 0.3) is 17.0 Å². The maximum atomic E-state index is 12.5. The highest BCUT2D eigenvalue weighted by atomic mass is 35.5. The number of nitrogens with zero attached hydrogens (tertiary/aromatic N) is 2. The second-order valence-electron chi connectivity index (χ2n) is 6.36. The Morgan fingerprint density at radius 3 is 2.54 bits per heavy atom. The zero-order valence-electron chi connectivity index (χ0n) is 15.0. The second kappa shape index (κ2) is 7.22. The van der Waals surface area contributed by atoms with Crippen LogP contribution >= 0.6 is 22.9 Å². The number of carbonyl (C=O) groups is 2. The molecule has 1 aliphatic rings. The smallest absolute Gasteiger partial charge is 0.259 e. The molecule has 0 spiro atoms. The lowest BCUT2D eigenvalue weighted by atomic mass is 10.1. The van der Waals surface area contributed by atoms with Gasteiger partial charge in [0, 0.05) is 32.3 Å². The standard InChI is InChI=1S/C21H16ClN3O2S/c1-12-16-5-3-4-6-17(16)20(27)25(12)11-18(26)23-21-24-19(13(2)28-21)14-7-9-15(22)10-8-14/h3-10H,1,11H2,2H3,(H,23,24,26). The fourth-order valence-corrected chi connectivity index (χ4v) is 4.11. The van der Waals surface area contributed by atoms with Crippen molar-refractivity contribution in [3.05, 3.63) is 76.1 Å². The molecule has 0 unspecified atom stereocenters. The summed E-state index contributed by atoms with van der Waals surface area (Å²) in [4.78, 5) is 31.9. The normalized spacial score (nSPS) is 13.0. The number of aryl methyl sites for hydroxylation is 1. The van der Waals surface area contributed by atoms with E-state index in [0.717, 1.165) is 21.7 Å². The Morgan fingerprint density at radius 1 is 1.18 bits per heavy atom. The molecule has 0 atom stereocenters. The molecule has 2 heterocycles. The van der Waals surface area contributed by atoms with Crippen molar-refractivity contribution in [3.63, 3.8) is 0 Å². The van der Waals surface area contributed by atoms with Gasteiger partial charge in [-0.15, -0.1) is 11.3 Å². The molecule has 1 aliphatic heterocycles. The van der Waals surface area contributed by atoms with Gasteiger partial charge in [0.25, 0.3) is 5.91 Å². The van der Waals surface area contributed by atoms with Gasteiger partial charge < -0.3 is 5.32 Å². The summed E-state index contributed by atoms with van der Waals surface area (Å²) < 4.78 is 0. The number of fused-ring (bicyclic) bond motifs is 1. The Balaban J connectivity index is 1.48. The quantitative estimate of drug-likeness (QED) is 0.670. The van der Waals surface area contributed by atoms with Crippen LogP contribution in [-0.2, 0) is 4.79 Å². The van der Waals surface area contributed by atoms with Crippen molar-refractivity contribution in [1.82, 2.24) is 9.88 Å². The molecule has 0 radical (unpaired) electrons. The molecular formula is C21H16ClN3O2S. The fraction of sp³-hybridized carbons (Fsp3) is 0.0952. The molecule has 2 aromatic carbocycles. The highest BCUT2D eigenvalue weighted by Crippen LogP contribution is 2.32. The zero-order valence-corrected chi connectivity index (χ0v) is 16.6. The number of thiazole rings is 1. The molecule has 3 aromatic rings. The summed E-state index contributed by atoms with van der Waals surface area (Å²) in [5.41, 5.74) is 3.59. The molecule has 28 heavy (non-hydrogen) atoms. The highest BCUT2D eigenvalue weighted by Gasteiger charge is 2.32. The predicted octanol–water partition coefficient (Wildman–Crippen LogP) is 4.84. The molecule has 0 fully saturated rings. The lowest BCUT2D eigenvalue weighted by Gasteiger charge is -2.16. The van der Waals surface area contributed by atoms with Gasteiger partial charge in [-0.05, 0) is 25.1 Å². The van der Waals surface area contributed by atoms with Crippen molar-refractivity contribution in [2.75, 3.05) is 11.9 Å². The number of halogens is 1. The molecule has 140 valence electrons. The Morgan fingerprint density at radius 2 is 1.86 bits per heavy atom. The van der Waals surface area contributed by atoms with E-state index >= 15 is 0 Å². The summed E-state index contributed by atoms with van der Waals surface area (Å²) in [6, 6.07) is 14.6. The topological polar surface area (TPSA) is 62.3 Å². The van der Waals surface area contributed by atoms with Gasteiger partial charge in [0.05, 0.1) is 5.69 Å². The highest BCUT2D eigenvalue weighted by molar-refractivity contribution is 7.16. The van der Waals surface area contributed by atoms with E-state index in [2.05, 4.69) is 16.9 Å². The van der Waals surface area contributed by atoms with E-state index in [4.69, 9.17) is 11.6 Å². The van der Waals surface area contributed by atoms with E-state index in [9.17, 15) is 9.59 Å². The number of amides is 2. The van der Waals surface area contributed by atoms with Crippen LogP contribution in [0.15, 0.2) is 55.1 Å². The monoisotopic (exact) mass is 409 g/mol. The van der Waals surface area contributed by atoms with E-state index < -0.39 is 0 Å². The average Bonchev–Trinajstić information content (AvgIpc) is 3.15. The van der Waals surface area contributed by atoms with E-state index in [-0.39, 0.29) is 18.4 Å². The molecule has 1 aromatic heterocycles. The first-order chi connectivity index (χ1) is 13.4. The zero-order chi connectivity index (χ0) is 19.8. The fourth-order valence-electron chi connectivity index (χ4n) is 3.13. The van der Waals surface area contributed by atoms with E-state index in [1.807, 2.05) is 31.2 Å². The number of rotatable bonds is 4. The van der Waals surface area contributed by atoms with Crippen LogP contribution in [0.3, 0.4) is 0 Å². The maximum Gasteiger partial charge on any atom is 0.259 e. The average molecular weight is 410 g/mol. The van der Waals surface area contributed by atoms with Crippen molar-refractivity contribution < 1.29 is 9.59 Å². The van der Waals surface area contributed by atoms with E-state index in [1.54, 1.807) is 24.3 Å². The maximum absolute atomic E-state index is 12.5. The molecule has 0 saturated carbocycles. The van der Waals surface area contributed by atoms with E-state index in [0.29, 0.717) is 21.4 Å². The third kappa shape index (κ3) is 3.32. The van der Waals surface area contributed by atoms with Gasteiger partial charge in [0.15, 0.2) is 5.13 Å². The van der Waals surface area contributed by atoms with Crippen LogP contribution in [0.4, 0.5) is 5.13 Å². The number of aromatic nitrogens is 1. The number of carbonyl (C=O) groups excluding carboxylic acids is 2. The lowest BCUT2D eigenvalue weighted by molar-refractivity contribution is -0.116. The lowest BCUT2D eigenvalue weighted by Crippen LogP contribution is -2.32. The van der Waals surface area contributed by atoms with Crippen molar-refractivity contribution >= 4 is 45.6 Å². The second-order valence-corrected chi connectivity index (χ2v) is 8.00. The van der Waals surface area contributed by atoms with Gasteiger partial charge >= 0.3 is 0 Å². The van der Waals surface area contributed by atoms with Crippen molar-refractivity contribution in [3.8, 4) is 11.3 Å². The summed E-state index contributed by atoms with van der Waals surface area (Å²) in [5, 5.41) is 3.93. The summed E-state index contributed by atoms with van der Waals surface area (Å²) in [5.74, 6) is -0.536. The number of benzene rings is 2. The van der Waals surface area contributed by atoms with E-state index in [1.165, 1.54) is 16.2 Å². The molecule has 5 nitrogen and oxygen atoms in total. The Kier molecular flexibility index (Phi) is 4.75. The van der Waals surface area contributed by atoms with Gasteiger partial charge in [-0.3, -0.25) is 14.5 Å². The number of anilines is 1. The van der Waals surface area contributed by atoms with Crippen molar-refractivity contribution in [2.24, 2.45) is 0 Å². The Labute approximate surface area is 171 Å². The van der Waals surface area contributed by atoms with Crippen molar-refractivity contribution in [1.29, 1.82) is 0 Å². The predicted molar refractivity (Wildman–Crippen MR) is 112 cm³/mol. The first kappa shape index (κ1) is 18.4. The number of hydrogen-bond donors (Lipinski definition) is 1. The van der Waals surface area contributed by atoms with Crippen LogP contribution in [-0.4, -0.2) is 28.2 Å². The molecule has 4 rings (SSSR count). The third-order valence-electron chi connectivity index (χ3n) is 4.50. The molecule has 0 bridgehead atoms. The minimum absolute atomic E-state index is 0.110. The molecular weight excluding hydrogens is 394 g/mol. The third-order valence-corrected chi connectivity index (χ3v) is 5.64. The Bertz CT molecular complexity index is 1070. The summed E-state index contributed by atoms with van der Waals surface area (Å²) in [6.45, 7) is 5.79. The van der Waals surface area contributed by atoms with Crippen molar-refractivity contribution in [2.45, 2.75) is 6.92 Å². The van der Waals surface area contributed by atoms with Crippen LogP contribution in [0.2, 0.25) is 5.02 Å². The first-order valence-electron chi connectivity index (χ1n) is 8.57. The minimum atomic E-state index is -0.321. The molecule has 0 saturated heterocycles. The van der Waals surface area contributed by atoms with Gasteiger partial charge in [-0.2, -0.15) is 0 Å². The number of nitrogens with one attached hydrogen (secondary N) is 1. The summed E-state index contributed by atoms with van der Waals surface area (Å²) in [7, 11) is 0. The van der Waals surface area contributed by atoms with Crippen LogP contribution in [0, 0.1) is 6.92 Å². The van der Waals surface area contributed by atoms with Gasteiger partial charge in [0.1, 0.15) is 6.54 Å². The largest absolute Gasteiger partial charge is 0.300 e. The van der Waals surface area contributed by atoms with Crippen LogP contribution in [0.5, 0.6) is 0 Å². The van der Waals surface area contributed by atoms with Gasteiger partial charge in [-0.1, -0.05) is 48.5 Å². The molecule has 0 aliphatic carbocycles. The molecule has 1 N–H and O–H groups in total. The Hall–Kier alpha value is -2.96. The van der Waals surface area contributed by atoms with Crippen LogP contribution < -0.4 is 5.32 Å².